The zero-order chi connectivity index (χ0) is 13.0. The van der Waals surface area contributed by atoms with E-state index in [2.05, 4.69) is 12.3 Å². The minimum absolute atomic E-state index is 0.252. The molecular formula is C13H19ClN2OS. The summed E-state index contributed by atoms with van der Waals surface area (Å²) in [5.74, 6) is 8.72. The second-order valence-electron chi connectivity index (χ2n) is 4.38. The Kier molecular flexibility index (Phi) is 5.18. The lowest BCUT2D eigenvalue weighted by Gasteiger charge is -2.17. The molecule has 0 saturated carbocycles. The lowest BCUT2D eigenvalue weighted by Crippen LogP contribution is -2.38. The maximum absolute atomic E-state index is 6.15. The van der Waals surface area contributed by atoms with Gasteiger partial charge < -0.3 is 4.74 Å². The van der Waals surface area contributed by atoms with Crippen molar-refractivity contribution in [3.8, 4) is 5.75 Å². The number of thioether (sulfide) groups is 1. The Morgan fingerprint density at radius 1 is 1.56 bits per heavy atom. The van der Waals surface area contributed by atoms with Gasteiger partial charge in [-0.3, -0.25) is 11.3 Å². The van der Waals surface area contributed by atoms with Gasteiger partial charge in [0.2, 0.25) is 0 Å². The largest absolute Gasteiger partial charge is 0.493 e. The summed E-state index contributed by atoms with van der Waals surface area (Å²) < 4.78 is 5.70. The normalized spacial score (nSPS) is 15.3. The highest BCUT2D eigenvalue weighted by Gasteiger charge is 2.19. The molecule has 3 N–H and O–H groups in total. The first-order valence-electron chi connectivity index (χ1n) is 6.22. The lowest BCUT2D eigenvalue weighted by atomic mass is 10.0. The van der Waals surface area contributed by atoms with Crippen LogP contribution in [-0.2, 0) is 12.8 Å². The Morgan fingerprint density at radius 2 is 2.39 bits per heavy atom. The van der Waals surface area contributed by atoms with Crippen LogP contribution in [0.3, 0.4) is 0 Å². The van der Waals surface area contributed by atoms with Crippen LogP contribution in [0.5, 0.6) is 5.75 Å². The molecule has 0 radical (unpaired) electrons. The molecule has 1 aromatic rings. The topological polar surface area (TPSA) is 47.3 Å². The molecule has 0 bridgehead atoms. The summed E-state index contributed by atoms with van der Waals surface area (Å²) in [6.45, 7) is 2.91. The molecule has 2 rings (SSSR count). The summed E-state index contributed by atoms with van der Waals surface area (Å²) >= 11 is 8.03. The van der Waals surface area contributed by atoms with E-state index in [0.717, 1.165) is 47.3 Å². The van der Waals surface area contributed by atoms with Crippen molar-refractivity contribution in [2.45, 2.75) is 25.8 Å². The molecule has 0 aliphatic carbocycles. The number of hydrogen-bond donors (Lipinski definition) is 2. The van der Waals surface area contributed by atoms with E-state index in [0.29, 0.717) is 0 Å². The van der Waals surface area contributed by atoms with Crippen LogP contribution in [0.15, 0.2) is 12.1 Å². The second-order valence-corrected chi connectivity index (χ2v) is 6.13. The summed E-state index contributed by atoms with van der Waals surface area (Å²) in [6.07, 6.45) is 1.81. The van der Waals surface area contributed by atoms with Gasteiger partial charge in [0.05, 0.1) is 6.61 Å². The highest BCUT2D eigenvalue weighted by atomic mass is 35.5. The quantitative estimate of drug-likeness (QED) is 0.623. The lowest BCUT2D eigenvalue weighted by molar-refractivity contribution is 0.352. The van der Waals surface area contributed by atoms with Gasteiger partial charge >= 0.3 is 0 Å². The van der Waals surface area contributed by atoms with Crippen molar-refractivity contribution in [2.24, 2.45) is 5.84 Å². The fraction of sp³-hybridized carbons (Fsp3) is 0.538. The van der Waals surface area contributed by atoms with Crippen molar-refractivity contribution >= 4 is 23.4 Å². The first-order valence-corrected chi connectivity index (χ1v) is 7.75. The number of benzene rings is 1. The van der Waals surface area contributed by atoms with Gasteiger partial charge in [-0.25, -0.2) is 0 Å². The van der Waals surface area contributed by atoms with E-state index in [1.165, 1.54) is 5.56 Å². The molecule has 5 heteroatoms. The summed E-state index contributed by atoms with van der Waals surface area (Å²) in [4.78, 5) is 0. The Morgan fingerprint density at radius 3 is 3.11 bits per heavy atom. The van der Waals surface area contributed by atoms with E-state index in [1.54, 1.807) is 0 Å². The second kappa shape index (κ2) is 6.66. The summed E-state index contributed by atoms with van der Waals surface area (Å²) in [7, 11) is 0. The van der Waals surface area contributed by atoms with Crippen LogP contribution in [0.4, 0.5) is 0 Å². The van der Waals surface area contributed by atoms with Crippen molar-refractivity contribution in [1.29, 1.82) is 0 Å². The van der Waals surface area contributed by atoms with Crippen LogP contribution >= 0.6 is 23.4 Å². The fourth-order valence-electron chi connectivity index (χ4n) is 2.19. The number of hydrogen-bond acceptors (Lipinski definition) is 4. The molecule has 3 nitrogen and oxygen atoms in total. The highest BCUT2D eigenvalue weighted by Crippen LogP contribution is 2.33. The fourth-order valence-corrected chi connectivity index (χ4v) is 3.19. The van der Waals surface area contributed by atoms with Gasteiger partial charge in [0.25, 0.3) is 0 Å². The smallest absolute Gasteiger partial charge is 0.125 e. The standard InChI is InChI=1S/C13H19ClN2OS/c1-2-18-8-12(16-15)7-10-6-11(14)5-9-3-4-17-13(9)10/h5-6,12,16H,2-4,7-8,15H2,1H3. The summed E-state index contributed by atoms with van der Waals surface area (Å²) in [5, 5.41) is 0.785. The molecule has 1 aliphatic heterocycles. The minimum Gasteiger partial charge on any atom is -0.493 e. The monoisotopic (exact) mass is 286 g/mol. The Labute approximate surface area is 117 Å². The van der Waals surface area contributed by atoms with E-state index in [9.17, 15) is 0 Å². The third-order valence-electron chi connectivity index (χ3n) is 3.05. The van der Waals surface area contributed by atoms with Crippen LogP contribution < -0.4 is 16.0 Å². The first-order chi connectivity index (χ1) is 8.74. The number of nitrogens with two attached hydrogens (primary N) is 1. The number of halogens is 1. The zero-order valence-corrected chi connectivity index (χ0v) is 12.1. The van der Waals surface area contributed by atoms with E-state index < -0.39 is 0 Å². The van der Waals surface area contributed by atoms with E-state index in [1.807, 2.05) is 23.9 Å². The molecule has 1 atom stereocenters. The third-order valence-corrected chi connectivity index (χ3v) is 4.32. The van der Waals surface area contributed by atoms with Crippen LogP contribution in [0, 0.1) is 0 Å². The Hall–Kier alpha value is -0.420. The van der Waals surface area contributed by atoms with Gasteiger partial charge in [0.15, 0.2) is 0 Å². The van der Waals surface area contributed by atoms with E-state index >= 15 is 0 Å². The molecule has 18 heavy (non-hydrogen) atoms. The molecule has 1 aliphatic rings. The number of nitrogens with one attached hydrogen (secondary N) is 1. The number of ether oxygens (including phenoxy) is 1. The predicted molar refractivity (Wildman–Crippen MR) is 78.5 cm³/mol. The molecule has 0 aromatic heterocycles. The maximum atomic E-state index is 6.15. The van der Waals surface area contributed by atoms with Crippen molar-refractivity contribution in [3.63, 3.8) is 0 Å². The zero-order valence-electron chi connectivity index (χ0n) is 10.5. The Balaban J connectivity index is 2.12. The highest BCUT2D eigenvalue weighted by molar-refractivity contribution is 7.99. The van der Waals surface area contributed by atoms with E-state index in [4.69, 9.17) is 22.2 Å². The Bertz CT molecular complexity index is 414. The predicted octanol–water partition coefficient (Wildman–Crippen LogP) is 2.40. The van der Waals surface area contributed by atoms with Gasteiger partial charge in [0.1, 0.15) is 5.75 Å². The summed E-state index contributed by atoms with van der Waals surface area (Å²) in [6, 6.07) is 4.24. The van der Waals surface area contributed by atoms with Gasteiger partial charge in [-0.15, -0.1) is 0 Å². The summed E-state index contributed by atoms with van der Waals surface area (Å²) in [5.41, 5.74) is 5.26. The molecule has 1 unspecified atom stereocenters. The third kappa shape index (κ3) is 3.32. The number of rotatable bonds is 6. The average Bonchev–Trinajstić information content (AvgIpc) is 2.82. The molecule has 1 aromatic carbocycles. The van der Waals surface area contributed by atoms with Crippen molar-refractivity contribution in [1.82, 2.24) is 5.43 Å². The van der Waals surface area contributed by atoms with Gasteiger partial charge in [0, 0.05) is 23.2 Å². The van der Waals surface area contributed by atoms with Crippen LogP contribution in [0.2, 0.25) is 5.02 Å². The van der Waals surface area contributed by atoms with Crippen LogP contribution in [-0.4, -0.2) is 24.2 Å². The van der Waals surface area contributed by atoms with Crippen LogP contribution in [0.1, 0.15) is 18.1 Å². The molecule has 1 heterocycles. The maximum Gasteiger partial charge on any atom is 0.125 e. The molecule has 0 spiro atoms. The SMILES string of the molecule is CCSCC(Cc1cc(Cl)cc2c1OCC2)NN. The van der Waals surface area contributed by atoms with Gasteiger partial charge in [-0.1, -0.05) is 18.5 Å². The molecule has 0 fully saturated rings. The molecule has 0 saturated heterocycles. The van der Waals surface area contributed by atoms with Crippen LogP contribution in [0.25, 0.3) is 0 Å². The molecule has 100 valence electrons. The number of hydrazine groups is 1. The van der Waals surface area contributed by atoms with Crippen molar-refractivity contribution < 1.29 is 4.74 Å². The van der Waals surface area contributed by atoms with Crippen molar-refractivity contribution in [2.75, 3.05) is 18.1 Å². The molecule has 0 amide bonds. The van der Waals surface area contributed by atoms with Crippen molar-refractivity contribution in [3.05, 3.63) is 28.3 Å². The number of fused-ring (bicyclic) bond motifs is 1. The van der Waals surface area contributed by atoms with Gasteiger partial charge in [-0.2, -0.15) is 11.8 Å². The average molecular weight is 287 g/mol. The molecular weight excluding hydrogens is 268 g/mol. The minimum atomic E-state index is 0.252. The van der Waals surface area contributed by atoms with Gasteiger partial charge in [-0.05, 0) is 35.4 Å². The van der Waals surface area contributed by atoms with E-state index in [-0.39, 0.29) is 6.04 Å². The first kappa shape index (κ1) is 14.0.